The van der Waals surface area contributed by atoms with Gasteiger partial charge in [-0.25, -0.2) is 18.6 Å². The Balaban J connectivity index is 2.44. The number of benzene rings is 1. The number of aromatic nitrogens is 1. The largest absolute Gasteiger partial charge is 0.478 e. The molecule has 2 rings (SSSR count). The Hall–Kier alpha value is -3.01. The second kappa shape index (κ2) is 5.32. The summed E-state index contributed by atoms with van der Waals surface area (Å²) in [6.45, 7) is 0. The Labute approximate surface area is 112 Å². The van der Waals surface area contributed by atoms with Crippen LogP contribution in [0.1, 0.15) is 16.1 Å². The summed E-state index contributed by atoms with van der Waals surface area (Å²) in [7, 11) is 0. The van der Waals surface area contributed by atoms with Gasteiger partial charge in [0.05, 0.1) is 23.1 Å². The van der Waals surface area contributed by atoms with Crippen molar-refractivity contribution in [2.45, 2.75) is 0 Å². The van der Waals surface area contributed by atoms with E-state index in [2.05, 4.69) is 10.3 Å². The van der Waals surface area contributed by atoms with Crippen LogP contribution in [0.5, 0.6) is 0 Å². The number of carbonyl (C=O) groups is 1. The third-order valence-electron chi connectivity index (χ3n) is 2.47. The minimum Gasteiger partial charge on any atom is -0.478 e. The highest BCUT2D eigenvalue weighted by molar-refractivity contribution is 5.95. The summed E-state index contributed by atoms with van der Waals surface area (Å²) in [5, 5.41) is 20.0. The van der Waals surface area contributed by atoms with Gasteiger partial charge in [0.25, 0.3) is 0 Å². The van der Waals surface area contributed by atoms with Crippen molar-refractivity contribution in [2.24, 2.45) is 0 Å². The lowest BCUT2D eigenvalue weighted by Crippen LogP contribution is -2.06. The predicted octanol–water partition coefficient (Wildman–Crippen LogP) is 2.67. The zero-order chi connectivity index (χ0) is 14.7. The van der Waals surface area contributed by atoms with Crippen molar-refractivity contribution in [3.63, 3.8) is 0 Å². The lowest BCUT2D eigenvalue weighted by atomic mass is 10.1. The molecule has 0 aliphatic heterocycles. The molecule has 5 nitrogen and oxygen atoms in total. The number of nitrogens with one attached hydrogen (secondary N) is 1. The molecule has 0 saturated carbocycles. The number of carboxylic acids is 1. The van der Waals surface area contributed by atoms with Gasteiger partial charge in [0.1, 0.15) is 11.8 Å². The molecule has 0 fully saturated rings. The highest BCUT2D eigenvalue weighted by Gasteiger charge is 2.18. The number of nitrogens with zero attached hydrogens (tertiary/aromatic N) is 2. The number of aromatic carboxylic acids is 1. The number of hydrogen-bond acceptors (Lipinski definition) is 4. The van der Waals surface area contributed by atoms with Gasteiger partial charge >= 0.3 is 5.97 Å². The predicted molar refractivity (Wildman–Crippen MR) is 65.6 cm³/mol. The minimum atomic E-state index is -1.40. The van der Waals surface area contributed by atoms with E-state index >= 15 is 0 Å². The highest BCUT2D eigenvalue weighted by Crippen LogP contribution is 2.26. The first-order valence-electron chi connectivity index (χ1n) is 5.37. The Kier molecular flexibility index (Phi) is 3.57. The summed E-state index contributed by atoms with van der Waals surface area (Å²) in [6, 6.07) is 6.26. The fourth-order valence-corrected chi connectivity index (χ4v) is 1.53. The second-order valence-electron chi connectivity index (χ2n) is 3.76. The molecule has 1 aromatic heterocycles. The van der Waals surface area contributed by atoms with Crippen LogP contribution in [0.2, 0.25) is 0 Å². The number of halogens is 2. The molecule has 20 heavy (non-hydrogen) atoms. The van der Waals surface area contributed by atoms with E-state index in [1.165, 1.54) is 18.3 Å². The van der Waals surface area contributed by atoms with Crippen molar-refractivity contribution < 1.29 is 18.7 Å². The molecule has 0 bridgehead atoms. The standard InChI is InChI=1S/C13H7F2N3O2/c14-10-4-3-9(13(19)20)12(11(10)15)18-8-2-1-7(5-16)17-6-8/h1-4,6,18H,(H,19,20). The van der Waals surface area contributed by atoms with Gasteiger partial charge in [0, 0.05) is 0 Å². The van der Waals surface area contributed by atoms with E-state index in [4.69, 9.17) is 10.4 Å². The van der Waals surface area contributed by atoms with Crippen LogP contribution >= 0.6 is 0 Å². The minimum absolute atomic E-state index is 0.147. The molecular formula is C13H7F2N3O2. The van der Waals surface area contributed by atoms with Crippen molar-refractivity contribution in [1.29, 1.82) is 5.26 Å². The number of hydrogen-bond donors (Lipinski definition) is 2. The molecule has 100 valence electrons. The molecule has 1 heterocycles. The van der Waals surface area contributed by atoms with Gasteiger partial charge in [0.2, 0.25) is 0 Å². The fraction of sp³-hybridized carbons (Fsp3) is 0. The molecule has 0 radical (unpaired) electrons. The first kappa shape index (κ1) is 13.4. The average Bonchev–Trinajstić information content (AvgIpc) is 2.44. The lowest BCUT2D eigenvalue weighted by Gasteiger charge is -2.10. The van der Waals surface area contributed by atoms with E-state index in [9.17, 15) is 13.6 Å². The Morgan fingerprint density at radius 2 is 2.05 bits per heavy atom. The van der Waals surface area contributed by atoms with Gasteiger partial charge in [0.15, 0.2) is 11.6 Å². The van der Waals surface area contributed by atoms with Crippen molar-refractivity contribution in [3.05, 3.63) is 53.4 Å². The van der Waals surface area contributed by atoms with Crippen molar-refractivity contribution in [1.82, 2.24) is 4.98 Å². The Bertz CT molecular complexity index is 709. The third kappa shape index (κ3) is 2.54. The molecule has 0 atom stereocenters. The van der Waals surface area contributed by atoms with Crippen LogP contribution in [-0.4, -0.2) is 16.1 Å². The van der Waals surface area contributed by atoms with E-state index in [1.807, 2.05) is 0 Å². The number of pyridine rings is 1. The molecule has 7 heteroatoms. The molecule has 0 aliphatic rings. The zero-order valence-corrected chi connectivity index (χ0v) is 9.89. The first-order valence-corrected chi connectivity index (χ1v) is 5.37. The van der Waals surface area contributed by atoms with Gasteiger partial charge < -0.3 is 10.4 Å². The van der Waals surface area contributed by atoms with E-state index < -0.39 is 28.9 Å². The van der Waals surface area contributed by atoms with Crippen LogP contribution in [0, 0.1) is 23.0 Å². The van der Waals surface area contributed by atoms with Crippen LogP contribution in [0.25, 0.3) is 0 Å². The lowest BCUT2D eigenvalue weighted by molar-refractivity contribution is 0.0697. The van der Waals surface area contributed by atoms with Crippen LogP contribution in [0.4, 0.5) is 20.2 Å². The fourth-order valence-electron chi connectivity index (χ4n) is 1.53. The number of nitriles is 1. The van der Waals surface area contributed by atoms with E-state index in [0.717, 1.165) is 12.1 Å². The van der Waals surface area contributed by atoms with Crippen LogP contribution in [0.15, 0.2) is 30.5 Å². The summed E-state index contributed by atoms with van der Waals surface area (Å²) >= 11 is 0. The average molecular weight is 275 g/mol. The summed E-state index contributed by atoms with van der Waals surface area (Å²) in [6.07, 6.45) is 1.22. The monoisotopic (exact) mass is 275 g/mol. The molecule has 1 aromatic carbocycles. The summed E-state index contributed by atoms with van der Waals surface area (Å²) in [5.41, 5.74) is -0.526. The number of anilines is 2. The Morgan fingerprint density at radius 3 is 2.60 bits per heavy atom. The molecule has 0 saturated heterocycles. The van der Waals surface area contributed by atoms with E-state index in [0.29, 0.717) is 0 Å². The quantitative estimate of drug-likeness (QED) is 0.899. The summed E-state index contributed by atoms with van der Waals surface area (Å²) in [4.78, 5) is 14.7. The van der Waals surface area contributed by atoms with Crippen LogP contribution < -0.4 is 5.32 Å². The van der Waals surface area contributed by atoms with Gasteiger partial charge in [-0.1, -0.05) is 0 Å². The van der Waals surface area contributed by atoms with Gasteiger partial charge in [-0.2, -0.15) is 5.26 Å². The molecule has 0 aliphatic carbocycles. The second-order valence-corrected chi connectivity index (χ2v) is 3.76. The zero-order valence-electron chi connectivity index (χ0n) is 9.89. The molecule has 2 N–H and O–H groups in total. The Morgan fingerprint density at radius 1 is 1.30 bits per heavy atom. The molecule has 2 aromatic rings. The SMILES string of the molecule is N#Cc1ccc(Nc2c(C(=O)O)ccc(F)c2F)cn1. The first-order chi connectivity index (χ1) is 9.52. The number of carboxylic acid groups (broad SMARTS) is 1. The summed E-state index contributed by atoms with van der Waals surface area (Å²) in [5.74, 6) is -3.86. The molecule has 0 spiro atoms. The van der Waals surface area contributed by atoms with Crippen molar-refractivity contribution in [2.75, 3.05) is 5.32 Å². The number of rotatable bonds is 3. The van der Waals surface area contributed by atoms with Crippen LogP contribution in [0.3, 0.4) is 0 Å². The third-order valence-corrected chi connectivity index (χ3v) is 2.47. The van der Waals surface area contributed by atoms with Gasteiger partial charge in [-0.3, -0.25) is 0 Å². The van der Waals surface area contributed by atoms with Crippen molar-refractivity contribution in [3.8, 4) is 6.07 Å². The molecular weight excluding hydrogens is 268 g/mol. The topological polar surface area (TPSA) is 86.0 Å². The van der Waals surface area contributed by atoms with Crippen molar-refractivity contribution >= 4 is 17.3 Å². The van der Waals surface area contributed by atoms with Gasteiger partial charge in [-0.15, -0.1) is 0 Å². The van der Waals surface area contributed by atoms with Gasteiger partial charge in [-0.05, 0) is 24.3 Å². The highest BCUT2D eigenvalue weighted by atomic mass is 19.2. The molecule has 0 amide bonds. The normalized spacial score (nSPS) is 9.85. The molecule has 0 unspecified atom stereocenters. The summed E-state index contributed by atoms with van der Waals surface area (Å²) < 4.78 is 26.9. The van der Waals surface area contributed by atoms with E-state index in [1.54, 1.807) is 6.07 Å². The maximum absolute atomic E-state index is 13.7. The smallest absolute Gasteiger partial charge is 0.337 e. The van der Waals surface area contributed by atoms with E-state index in [-0.39, 0.29) is 11.4 Å². The maximum atomic E-state index is 13.7. The van der Waals surface area contributed by atoms with Crippen LogP contribution in [-0.2, 0) is 0 Å². The maximum Gasteiger partial charge on any atom is 0.337 e.